The molecule has 0 saturated carbocycles. The Labute approximate surface area is 114 Å². The number of hydrogen-bond donors (Lipinski definition) is 0. The zero-order chi connectivity index (χ0) is 13.4. The number of aromatic nitrogens is 6. The Morgan fingerprint density at radius 3 is 2.55 bits per heavy atom. The van der Waals surface area contributed by atoms with E-state index < -0.39 is 0 Å². The molecule has 3 aromatic heterocycles. The van der Waals surface area contributed by atoms with Gasteiger partial charge < -0.3 is 0 Å². The normalized spacial score (nSPS) is 11.0. The molecular weight excluding hydrogens is 252 g/mol. The van der Waals surface area contributed by atoms with Gasteiger partial charge >= 0.3 is 0 Å². The van der Waals surface area contributed by atoms with Crippen molar-refractivity contribution in [2.75, 3.05) is 0 Å². The minimum Gasteiger partial charge on any atom is -0.241 e. The number of nitrogens with zero attached hydrogens (tertiary/aromatic N) is 6. The Balaban J connectivity index is 1.81. The Bertz CT molecular complexity index is 845. The number of hydrogen-bond acceptors (Lipinski definition) is 4. The van der Waals surface area contributed by atoms with Crippen LogP contribution in [-0.2, 0) is 0 Å². The van der Waals surface area contributed by atoms with Crippen LogP contribution < -0.4 is 0 Å². The van der Waals surface area contributed by atoms with E-state index >= 15 is 0 Å². The molecule has 0 atom stereocenters. The number of rotatable bonds is 2. The summed E-state index contributed by atoms with van der Waals surface area (Å²) in [5.41, 5.74) is 3.03. The molecule has 0 aliphatic heterocycles. The molecule has 0 bridgehead atoms. The van der Waals surface area contributed by atoms with Gasteiger partial charge in [-0.05, 0) is 24.3 Å². The van der Waals surface area contributed by atoms with Crippen LogP contribution in [0.2, 0.25) is 0 Å². The van der Waals surface area contributed by atoms with Crippen molar-refractivity contribution in [1.29, 1.82) is 0 Å². The zero-order valence-electron chi connectivity index (χ0n) is 10.5. The van der Waals surface area contributed by atoms with Crippen molar-refractivity contribution in [1.82, 2.24) is 29.4 Å². The van der Waals surface area contributed by atoms with E-state index in [1.165, 1.54) is 6.33 Å². The van der Waals surface area contributed by atoms with E-state index in [0.29, 0.717) is 5.78 Å². The van der Waals surface area contributed by atoms with Crippen LogP contribution in [0.3, 0.4) is 0 Å². The lowest BCUT2D eigenvalue weighted by Crippen LogP contribution is -1.97. The molecule has 1 aromatic carbocycles. The zero-order valence-corrected chi connectivity index (χ0v) is 10.5. The molecule has 4 aromatic rings. The molecular formula is C14H10N6. The van der Waals surface area contributed by atoms with E-state index in [-0.39, 0.29) is 0 Å². The summed E-state index contributed by atoms with van der Waals surface area (Å²) in [6.45, 7) is 0. The monoisotopic (exact) mass is 262 g/mol. The Morgan fingerprint density at radius 2 is 1.75 bits per heavy atom. The lowest BCUT2D eigenvalue weighted by atomic mass is 10.1. The molecule has 6 nitrogen and oxygen atoms in total. The van der Waals surface area contributed by atoms with Crippen LogP contribution in [-0.4, -0.2) is 29.4 Å². The van der Waals surface area contributed by atoms with Crippen LogP contribution in [0.25, 0.3) is 22.7 Å². The van der Waals surface area contributed by atoms with Gasteiger partial charge in [0, 0.05) is 24.2 Å². The third kappa shape index (κ3) is 1.66. The van der Waals surface area contributed by atoms with Crippen molar-refractivity contribution in [3.05, 3.63) is 61.3 Å². The van der Waals surface area contributed by atoms with Crippen molar-refractivity contribution < 1.29 is 0 Å². The van der Waals surface area contributed by atoms with Crippen LogP contribution in [0, 0.1) is 0 Å². The molecule has 6 heteroatoms. The van der Waals surface area contributed by atoms with E-state index in [9.17, 15) is 0 Å². The third-order valence-corrected chi connectivity index (χ3v) is 3.11. The van der Waals surface area contributed by atoms with Gasteiger partial charge in [-0.2, -0.15) is 19.7 Å². The average Bonchev–Trinajstić information content (AvgIpc) is 3.18. The summed E-state index contributed by atoms with van der Waals surface area (Å²) in [5.74, 6) is 0.596. The van der Waals surface area contributed by atoms with Gasteiger partial charge in [-0.3, -0.25) is 0 Å². The van der Waals surface area contributed by atoms with E-state index in [2.05, 4.69) is 20.2 Å². The second kappa shape index (κ2) is 4.27. The van der Waals surface area contributed by atoms with E-state index in [1.807, 2.05) is 47.3 Å². The fourth-order valence-electron chi connectivity index (χ4n) is 2.16. The topological polar surface area (TPSA) is 60.9 Å². The van der Waals surface area contributed by atoms with Crippen molar-refractivity contribution in [2.45, 2.75) is 0 Å². The van der Waals surface area contributed by atoms with Gasteiger partial charge in [0.25, 0.3) is 5.78 Å². The molecule has 0 N–H and O–H groups in total. The Morgan fingerprint density at radius 1 is 0.850 bits per heavy atom. The number of fused-ring (bicyclic) bond motifs is 1. The summed E-state index contributed by atoms with van der Waals surface area (Å²) in [7, 11) is 0. The largest absolute Gasteiger partial charge is 0.252 e. The highest BCUT2D eigenvalue weighted by atomic mass is 15.3. The van der Waals surface area contributed by atoms with Crippen molar-refractivity contribution >= 4 is 5.78 Å². The van der Waals surface area contributed by atoms with Crippen molar-refractivity contribution in [2.24, 2.45) is 0 Å². The predicted octanol–water partition coefficient (Wildman–Crippen LogP) is 1.98. The first-order valence-corrected chi connectivity index (χ1v) is 6.17. The lowest BCUT2D eigenvalue weighted by molar-refractivity contribution is 0.880. The van der Waals surface area contributed by atoms with Gasteiger partial charge in [0.15, 0.2) is 0 Å². The Kier molecular flexibility index (Phi) is 2.32. The summed E-state index contributed by atoms with van der Waals surface area (Å²) < 4.78 is 3.55. The smallest absolute Gasteiger partial charge is 0.241 e. The van der Waals surface area contributed by atoms with Crippen molar-refractivity contribution in [3.8, 4) is 16.9 Å². The minimum atomic E-state index is 0.596. The maximum absolute atomic E-state index is 4.21. The summed E-state index contributed by atoms with van der Waals surface area (Å²) in [5, 5.41) is 8.40. The molecule has 0 radical (unpaired) electrons. The van der Waals surface area contributed by atoms with Crippen LogP contribution in [0.15, 0.2) is 61.3 Å². The Hall–Kier alpha value is -3.02. The van der Waals surface area contributed by atoms with Crippen LogP contribution in [0.1, 0.15) is 0 Å². The fraction of sp³-hybridized carbons (Fsp3) is 0. The first kappa shape index (κ1) is 10.9. The van der Waals surface area contributed by atoms with E-state index in [4.69, 9.17) is 0 Å². The minimum absolute atomic E-state index is 0.596. The van der Waals surface area contributed by atoms with Gasteiger partial charge in [-0.1, -0.05) is 12.1 Å². The highest BCUT2D eigenvalue weighted by Crippen LogP contribution is 2.20. The molecule has 4 rings (SSSR count). The predicted molar refractivity (Wildman–Crippen MR) is 73.3 cm³/mol. The summed E-state index contributed by atoms with van der Waals surface area (Å²) in [6.07, 6.45) is 6.91. The van der Waals surface area contributed by atoms with Crippen LogP contribution in [0.4, 0.5) is 0 Å². The van der Waals surface area contributed by atoms with E-state index in [1.54, 1.807) is 16.9 Å². The van der Waals surface area contributed by atoms with Gasteiger partial charge in [-0.25, -0.2) is 9.67 Å². The molecule has 0 aliphatic carbocycles. The molecule has 0 saturated heterocycles. The average molecular weight is 262 g/mol. The van der Waals surface area contributed by atoms with Gasteiger partial charge in [0.05, 0.1) is 11.4 Å². The summed E-state index contributed by atoms with van der Waals surface area (Å²) >= 11 is 0. The third-order valence-electron chi connectivity index (χ3n) is 3.11. The number of benzene rings is 1. The highest BCUT2D eigenvalue weighted by Gasteiger charge is 2.06. The molecule has 0 unspecified atom stereocenters. The highest BCUT2D eigenvalue weighted by molar-refractivity contribution is 5.62. The second-order valence-corrected chi connectivity index (χ2v) is 4.30. The first-order chi connectivity index (χ1) is 9.92. The van der Waals surface area contributed by atoms with Crippen LogP contribution >= 0.6 is 0 Å². The SMILES string of the molecule is c1cnn(-c2ccc(-c3ccnc4ncnn34)cc2)c1. The summed E-state index contributed by atoms with van der Waals surface area (Å²) in [6, 6.07) is 11.9. The second-order valence-electron chi connectivity index (χ2n) is 4.30. The molecule has 3 heterocycles. The quantitative estimate of drug-likeness (QED) is 0.554. The van der Waals surface area contributed by atoms with Gasteiger partial charge in [0.2, 0.25) is 0 Å². The fourth-order valence-corrected chi connectivity index (χ4v) is 2.16. The van der Waals surface area contributed by atoms with Crippen LogP contribution in [0.5, 0.6) is 0 Å². The van der Waals surface area contributed by atoms with E-state index in [0.717, 1.165) is 16.9 Å². The molecule has 0 amide bonds. The summed E-state index contributed by atoms with van der Waals surface area (Å²) in [4.78, 5) is 8.25. The first-order valence-electron chi connectivity index (χ1n) is 6.17. The molecule has 96 valence electrons. The maximum atomic E-state index is 4.21. The maximum Gasteiger partial charge on any atom is 0.252 e. The van der Waals surface area contributed by atoms with Gasteiger partial charge in [0.1, 0.15) is 6.33 Å². The molecule has 20 heavy (non-hydrogen) atoms. The molecule has 0 spiro atoms. The molecule has 0 aliphatic rings. The lowest BCUT2D eigenvalue weighted by Gasteiger charge is -2.05. The molecule has 0 fully saturated rings. The van der Waals surface area contributed by atoms with Gasteiger partial charge in [-0.15, -0.1) is 0 Å². The van der Waals surface area contributed by atoms with Crippen molar-refractivity contribution in [3.63, 3.8) is 0 Å². The standard InChI is InChI=1S/C14H10N6/c1-7-17-19(9-1)12-4-2-11(3-5-12)13-6-8-15-14-16-10-18-20(13)14/h1-10H.